The van der Waals surface area contributed by atoms with Crippen molar-refractivity contribution in [3.05, 3.63) is 48.5 Å². The average molecular weight is 362 g/mol. The molecule has 0 amide bonds. The van der Waals surface area contributed by atoms with Gasteiger partial charge >= 0.3 is 0 Å². The van der Waals surface area contributed by atoms with Crippen molar-refractivity contribution in [3.63, 3.8) is 0 Å². The number of nitrogens with zero attached hydrogens (tertiary/aromatic N) is 2. The van der Waals surface area contributed by atoms with Crippen molar-refractivity contribution in [2.45, 2.75) is 0 Å². The Morgan fingerprint density at radius 1 is 0.654 bits per heavy atom. The molecule has 8 heteroatoms. The quantitative estimate of drug-likeness (QED) is 0.577. The topological polar surface area (TPSA) is 142 Å². The van der Waals surface area contributed by atoms with E-state index in [-0.39, 0.29) is 0 Å². The number of anilines is 2. The third-order valence-corrected chi connectivity index (χ3v) is 3.07. The Morgan fingerprint density at radius 2 is 0.885 bits per heavy atom. The van der Waals surface area contributed by atoms with Crippen molar-refractivity contribution in [3.8, 4) is 0 Å². The number of hydrogen-bond donors (Lipinski definition) is 2. The van der Waals surface area contributed by atoms with Crippen LogP contribution in [0.1, 0.15) is 0 Å². The molecule has 0 aliphatic heterocycles. The average Bonchev–Trinajstić information content (AvgIpc) is 2.56. The molecule has 0 saturated carbocycles. The third-order valence-electron chi connectivity index (χ3n) is 3.07. The van der Waals surface area contributed by atoms with Crippen molar-refractivity contribution in [2.75, 3.05) is 38.0 Å². The largest absolute Gasteiger partial charge is 0.543 e. The maximum Gasteiger partial charge on any atom is 0.128 e. The second-order valence-corrected chi connectivity index (χ2v) is 5.70. The first-order valence-corrected chi connectivity index (χ1v) is 7.65. The Bertz CT molecular complexity index is 622. The second-order valence-electron chi connectivity index (χ2n) is 5.70. The fraction of sp³-hybridized carbons (Fsp3) is 0.222. The van der Waals surface area contributed by atoms with Gasteiger partial charge in [-0.25, -0.2) is 0 Å². The zero-order chi connectivity index (χ0) is 20.3. The minimum absolute atomic E-state index is 1.06. The lowest BCUT2D eigenvalue weighted by Crippen LogP contribution is -2.42. The number of carboxylic acid groups (broad SMARTS) is 2. The number of hydrogen-bond acceptors (Lipinski definition) is 6. The Balaban J connectivity index is 0.000000375. The maximum atomic E-state index is 8.93. The molecule has 0 atom stereocenters. The zero-order valence-electron chi connectivity index (χ0n) is 15.6. The number of aliphatic carboxylic acids is 2. The van der Waals surface area contributed by atoms with Crippen LogP contribution in [0.5, 0.6) is 0 Å². The summed E-state index contributed by atoms with van der Waals surface area (Å²) in [5.74, 6) is -4.37. The smallest absolute Gasteiger partial charge is 0.128 e. The van der Waals surface area contributed by atoms with E-state index >= 15 is 0 Å². The predicted molar refractivity (Wildman–Crippen MR) is 96.6 cm³/mol. The summed E-state index contributed by atoms with van der Waals surface area (Å²) >= 11 is 0. The molecule has 0 heterocycles. The van der Waals surface area contributed by atoms with Crippen molar-refractivity contribution in [1.82, 2.24) is 0 Å². The van der Waals surface area contributed by atoms with Gasteiger partial charge in [0.05, 0.1) is 11.9 Å². The van der Waals surface area contributed by atoms with Crippen molar-refractivity contribution in [1.29, 1.82) is 0 Å². The van der Waals surface area contributed by atoms with Crippen LogP contribution in [0.15, 0.2) is 48.5 Å². The minimum Gasteiger partial charge on any atom is -0.543 e. The number of benzene rings is 2. The lowest BCUT2D eigenvalue weighted by atomic mass is 10.3. The van der Waals surface area contributed by atoms with Crippen LogP contribution < -0.4 is 31.5 Å². The van der Waals surface area contributed by atoms with E-state index in [1.54, 1.807) is 0 Å². The highest BCUT2D eigenvalue weighted by Gasteiger charge is 1.93. The Morgan fingerprint density at radius 3 is 1.04 bits per heavy atom. The van der Waals surface area contributed by atoms with Gasteiger partial charge in [-0.1, -0.05) is 0 Å². The molecule has 142 valence electrons. The molecule has 0 bridgehead atoms. The van der Waals surface area contributed by atoms with E-state index in [0.717, 1.165) is 11.4 Å². The monoisotopic (exact) mass is 362 g/mol. The van der Waals surface area contributed by atoms with Gasteiger partial charge < -0.3 is 41.1 Å². The van der Waals surface area contributed by atoms with Gasteiger partial charge in [0.15, 0.2) is 0 Å². The summed E-state index contributed by atoms with van der Waals surface area (Å²) < 4.78 is 0. The summed E-state index contributed by atoms with van der Waals surface area (Å²) in [6, 6.07) is 16.3. The lowest BCUT2D eigenvalue weighted by Gasteiger charge is -2.10. The van der Waals surface area contributed by atoms with E-state index in [9.17, 15) is 0 Å². The van der Waals surface area contributed by atoms with Crippen LogP contribution in [-0.2, 0) is 9.59 Å². The number of carbonyl (C=O) groups is 2. The lowest BCUT2D eigenvalue weighted by molar-refractivity contribution is -0.345. The Kier molecular flexibility index (Phi) is 10.1. The fourth-order valence-electron chi connectivity index (χ4n) is 1.59. The molecule has 0 radical (unpaired) electrons. The van der Waals surface area contributed by atoms with Crippen LogP contribution in [0.3, 0.4) is 0 Å². The van der Waals surface area contributed by atoms with E-state index in [1.165, 1.54) is 11.4 Å². The molecule has 8 nitrogen and oxygen atoms in total. The SMILES string of the molecule is CN(C)c1ccc([NH3+])cc1.CN(C)c1ccc([NH3+])cc1.O=C([O-])C(=O)[O-]. The summed E-state index contributed by atoms with van der Waals surface area (Å²) in [4.78, 5) is 22.0. The van der Waals surface area contributed by atoms with E-state index in [1.807, 2.05) is 52.5 Å². The molecule has 0 saturated heterocycles. The number of carbonyl (C=O) groups excluding carboxylic acids is 2. The molecule has 2 aromatic carbocycles. The molecule has 0 aromatic heterocycles. The molecular weight excluding hydrogens is 336 g/mol. The number of quaternary nitrogens is 2. The molecule has 0 unspecified atom stereocenters. The Hall–Kier alpha value is -3.10. The molecule has 6 N–H and O–H groups in total. The zero-order valence-corrected chi connectivity index (χ0v) is 15.6. The van der Waals surface area contributed by atoms with Gasteiger partial charge in [0.2, 0.25) is 0 Å². The van der Waals surface area contributed by atoms with Crippen LogP contribution in [0, 0.1) is 0 Å². The van der Waals surface area contributed by atoms with Crippen LogP contribution in [0.4, 0.5) is 22.7 Å². The van der Waals surface area contributed by atoms with Crippen molar-refractivity contribution in [2.24, 2.45) is 0 Å². The highest BCUT2D eigenvalue weighted by molar-refractivity contribution is 6.25. The normalized spacial score (nSPS) is 9.00. The molecule has 0 fully saturated rings. The first-order chi connectivity index (χ1) is 12.0. The van der Waals surface area contributed by atoms with Gasteiger partial charge in [-0.15, -0.1) is 0 Å². The molecule has 0 spiro atoms. The molecule has 26 heavy (non-hydrogen) atoms. The van der Waals surface area contributed by atoms with Gasteiger partial charge in [-0.05, 0) is 24.3 Å². The highest BCUT2D eigenvalue weighted by Crippen LogP contribution is 2.12. The summed E-state index contributed by atoms with van der Waals surface area (Å²) in [5.41, 5.74) is 12.2. The van der Waals surface area contributed by atoms with E-state index in [0.29, 0.717) is 0 Å². The van der Waals surface area contributed by atoms with Gasteiger partial charge in [-0.2, -0.15) is 0 Å². The standard InChI is InChI=1S/2C8H12N2.C2H2O4/c2*1-10(2)8-5-3-7(9)4-6-8;3-1(4)2(5)6/h2*3-6H,9H2,1-2H3;(H,3,4)(H,5,6). The van der Waals surface area contributed by atoms with Gasteiger partial charge in [-0.3, -0.25) is 0 Å². The van der Waals surface area contributed by atoms with Crippen LogP contribution in [0.2, 0.25) is 0 Å². The van der Waals surface area contributed by atoms with E-state index in [2.05, 4.69) is 45.5 Å². The van der Waals surface area contributed by atoms with Gasteiger partial charge in [0.25, 0.3) is 0 Å². The number of rotatable bonds is 2. The highest BCUT2D eigenvalue weighted by atomic mass is 16.4. The molecule has 0 aliphatic rings. The first kappa shape index (κ1) is 22.9. The van der Waals surface area contributed by atoms with Crippen molar-refractivity contribution >= 4 is 34.7 Å². The molecule has 2 aromatic rings. The van der Waals surface area contributed by atoms with Crippen LogP contribution in [0.25, 0.3) is 0 Å². The summed E-state index contributed by atoms with van der Waals surface area (Å²) in [6.45, 7) is 0. The summed E-state index contributed by atoms with van der Waals surface area (Å²) in [6.07, 6.45) is 0. The first-order valence-electron chi connectivity index (χ1n) is 7.65. The maximum absolute atomic E-state index is 8.93. The van der Waals surface area contributed by atoms with E-state index in [4.69, 9.17) is 19.8 Å². The van der Waals surface area contributed by atoms with Gasteiger partial charge in [0, 0.05) is 63.8 Å². The van der Waals surface area contributed by atoms with Crippen LogP contribution in [-0.4, -0.2) is 40.1 Å². The number of carboxylic acids is 2. The third kappa shape index (κ3) is 9.91. The van der Waals surface area contributed by atoms with E-state index < -0.39 is 11.9 Å². The summed E-state index contributed by atoms with van der Waals surface area (Å²) in [7, 11) is 8.10. The summed E-state index contributed by atoms with van der Waals surface area (Å²) in [5, 5.41) is 17.9. The molecule has 0 aliphatic carbocycles. The van der Waals surface area contributed by atoms with Crippen molar-refractivity contribution < 1.29 is 31.3 Å². The van der Waals surface area contributed by atoms with Gasteiger partial charge in [0.1, 0.15) is 11.4 Å². The molecule has 2 rings (SSSR count). The predicted octanol–water partition coefficient (Wildman–Crippen LogP) is -2.26. The second kappa shape index (κ2) is 11.5. The molecular formula is C18H26N4O4. The fourth-order valence-corrected chi connectivity index (χ4v) is 1.59. The minimum atomic E-state index is -2.19. The Labute approximate surface area is 153 Å². The van der Waals surface area contributed by atoms with Crippen LogP contribution >= 0.6 is 0 Å².